The van der Waals surface area contributed by atoms with Gasteiger partial charge in [0, 0.05) is 50.1 Å². The molecule has 4 rings (SSSR count). The molecule has 0 spiro atoms. The second-order valence-corrected chi connectivity index (χ2v) is 9.40. The van der Waals surface area contributed by atoms with E-state index in [0.717, 1.165) is 25.7 Å². The van der Waals surface area contributed by atoms with Gasteiger partial charge in [0.2, 0.25) is 17.7 Å². The zero-order chi connectivity index (χ0) is 23.6. The van der Waals surface area contributed by atoms with Gasteiger partial charge in [0.15, 0.2) is 0 Å². The minimum atomic E-state index is -1.30. The maximum Gasteiger partial charge on any atom is 0.409 e. The third kappa shape index (κ3) is 4.45. The highest BCUT2D eigenvalue weighted by atomic mass is 35.5. The van der Waals surface area contributed by atoms with Crippen molar-refractivity contribution in [3.63, 3.8) is 0 Å². The van der Waals surface area contributed by atoms with Gasteiger partial charge < -0.3 is 14.5 Å². The van der Waals surface area contributed by atoms with E-state index in [2.05, 4.69) is 0 Å². The summed E-state index contributed by atoms with van der Waals surface area (Å²) in [6, 6.07) is 6.89. The number of benzene rings is 1. The lowest BCUT2D eigenvalue weighted by Crippen LogP contribution is -2.52. The Labute approximate surface area is 198 Å². The number of imide groups is 1. The minimum Gasteiger partial charge on any atom is -0.450 e. The lowest BCUT2D eigenvalue weighted by Gasteiger charge is -2.36. The topological polar surface area (TPSA) is 87.2 Å². The highest BCUT2D eigenvalue weighted by Gasteiger charge is 2.56. The van der Waals surface area contributed by atoms with Crippen LogP contribution in [-0.2, 0) is 24.5 Å². The van der Waals surface area contributed by atoms with Crippen LogP contribution in [0.1, 0.15) is 51.0 Å². The molecule has 2 heterocycles. The SMILES string of the molecule is CCOC(=O)N1CCN(C(=O)CC2(c3ccccc3Cl)CC(=O)N(C3CCCC3)C2=O)CC1. The highest BCUT2D eigenvalue weighted by Crippen LogP contribution is 2.45. The van der Waals surface area contributed by atoms with E-state index in [9.17, 15) is 19.2 Å². The van der Waals surface area contributed by atoms with Gasteiger partial charge in [-0.2, -0.15) is 0 Å². The van der Waals surface area contributed by atoms with Gasteiger partial charge in [-0.15, -0.1) is 0 Å². The van der Waals surface area contributed by atoms with E-state index in [1.807, 2.05) is 0 Å². The van der Waals surface area contributed by atoms with E-state index in [0.29, 0.717) is 43.4 Å². The van der Waals surface area contributed by atoms with E-state index in [1.54, 1.807) is 41.0 Å². The van der Waals surface area contributed by atoms with Gasteiger partial charge in [0.25, 0.3) is 0 Å². The van der Waals surface area contributed by atoms with Crippen molar-refractivity contribution in [2.75, 3.05) is 32.8 Å². The van der Waals surface area contributed by atoms with Gasteiger partial charge >= 0.3 is 6.09 Å². The number of halogens is 1. The third-order valence-corrected chi connectivity index (χ3v) is 7.37. The van der Waals surface area contributed by atoms with Gasteiger partial charge in [0.05, 0.1) is 12.0 Å². The zero-order valence-corrected chi connectivity index (χ0v) is 19.7. The molecule has 33 heavy (non-hydrogen) atoms. The predicted octanol–water partition coefficient (Wildman–Crippen LogP) is 2.97. The second-order valence-electron chi connectivity index (χ2n) is 8.99. The van der Waals surface area contributed by atoms with Crippen molar-refractivity contribution < 1.29 is 23.9 Å². The van der Waals surface area contributed by atoms with Crippen LogP contribution in [0.2, 0.25) is 5.02 Å². The Kier molecular flexibility index (Phi) is 6.93. The number of nitrogens with zero attached hydrogens (tertiary/aromatic N) is 3. The molecule has 1 unspecified atom stereocenters. The minimum absolute atomic E-state index is 0.0550. The first-order chi connectivity index (χ1) is 15.9. The van der Waals surface area contributed by atoms with Crippen LogP contribution in [-0.4, -0.2) is 77.3 Å². The van der Waals surface area contributed by atoms with Crippen LogP contribution in [0.25, 0.3) is 0 Å². The number of likely N-dealkylation sites (tertiary alicyclic amines) is 1. The fourth-order valence-corrected chi connectivity index (χ4v) is 5.63. The largest absolute Gasteiger partial charge is 0.450 e. The van der Waals surface area contributed by atoms with Crippen LogP contribution in [0.3, 0.4) is 0 Å². The molecule has 0 aromatic heterocycles. The Morgan fingerprint density at radius 3 is 2.33 bits per heavy atom. The summed E-state index contributed by atoms with van der Waals surface area (Å²) in [6.07, 6.45) is 3.03. The maximum atomic E-state index is 13.8. The molecule has 178 valence electrons. The van der Waals surface area contributed by atoms with Crippen molar-refractivity contribution in [3.8, 4) is 0 Å². The van der Waals surface area contributed by atoms with E-state index in [4.69, 9.17) is 16.3 Å². The fourth-order valence-electron chi connectivity index (χ4n) is 5.31. The third-order valence-electron chi connectivity index (χ3n) is 7.04. The molecular weight excluding hydrogens is 446 g/mol. The number of hydrogen-bond donors (Lipinski definition) is 0. The first-order valence-electron chi connectivity index (χ1n) is 11.7. The molecule has 1 atom stereocenters. The summed E-state index contributed by atoms with van der Waals surface area (Å²) in [5, 5.41) is 0.381. The van der Waals surface area contributed by atoms with Gasteiger partial charge in [0.1, 0.15) is 0 Å². The first-order valence-corrected chi connectivity index (χ1v) is 12.1. The Morgan fingerprint density at radius 2 is 1.70 bits per heavy atom. The summed E-state index contributed by atoms with van der Waals surface area (Å²) >= 11 is 6.50. The Bertz CT molecular complexity index is 940. The number of carbonyl (C=O) groups is 4. The molecule has 1 aromatic carbocycles. The summed E-state index contributed by atoms with van der Waals surface area (Å²) in [5.41, 5.74) is -0.767. The molecule has 0 N–H and O–H groups in total. The molecule has 2 saturated heterocycles. The molecule has 0 bridgehead atoms. The van der Waals surface area contributed by atoms with Gasteiger partial charge in [-0.3, -0.25) is 19.3 Å². The monoisotopic (exact) mass is 475 g/mol. The summed E-state index contributed by atoms with van der Waals surface area (Å²) in [7, 11) is 0. The van der Waals surface area contributed by atoms with Crippen molar-refractivity contribution in [2.45, 2.75) is 56.9 Å². The second kappa shape index (κ2) is 9.71. The molecule has 3 fully saturated rings. The van der Waals surface area contributed by atoms with Crippen molar-refractivity contribution >= 4 is 35.4 Å². The van der Waals surface area contributed by atoms with Crippen LogP contribution in [0.5, 0.6) is 0 Å². The molecule has 3 aliphatic rings. The standard InChI is InChI=1S/C24H30ClN3O5/c1-2-33-23(32)27-13-11-26(12-14-27)20(29)15-24(18-9-5-6-10-19(18)25)16-21(30)28(22(24)31)17-7-3-4-8-17/h5-6,9-10,17H,2-4,7-8,11-16H2,1H3. The zero-order valence-electron chi connectivity index (χ0n) is 18.9. The van der Waals surface area contributed by atoms with Gasteiger partial charge in [-0.1, -0.05) is 42.6 Å². The molecule has 1 saturated carbocycles. The number of ether oxygens (including phenoxy) is 1. The predicted molar refractivity (Wildman–Crippen MR) is 122 cm³/mol. The molecule has 1 aromatic rings. The van der Waals surface area contributed by atoms with Crippen molar-refractivity contribution in [1.29, 1.82) is 0 Å². The molecule has 2 aliphatic heterocycles. The van der Waals surface area contributed by atoms with Crippen molar-refractivity contribution in [2.24, 2.45) is 0 Å². The molecule has 1 aliphatic carbocycles. The van der Waals surface area contributed by atoms with E-state index in [-0.39, 0.29) is 42.7 Å². The quantitative estimate of drug-likeness (QED) is 0.611. The molecule has 8 nitrogen and oxygen atoms in total. The Morgan fingerprint density at radius 1 is 1.06 bits per heavy atom. The lowest BCUT2D eigenvalue weighted by atomic mass is 9.75. The molecular formula is C24H30ClN3O5. The highest BCUT2D eigenvalue weighted by molar-refractivity contribution is 6.32. The Hall–Kier alpha value is -2.61. The van der Waals surface area contributed by atoms with Crippen LogP contribution in [0.15, 0.2) is 24.3 Å². The maximum absolute atomic E-state index is 13.8. The summed E-state index contributed by atoms with van der Waals surface area (Å²) < 4.78 is 5.04. The van der Waals surface area contributed by atoms with E-state index in [1.165, 1.54) is 4.90 Å². The van der Waals surface area contributed by atoms with Crippen LogP contribution >= 0.6 is 11.6 Å². The number of rotatable bonds is 5. The van der Waals surface area contributed by atoms with Gasteiger partial charge in [-0.25, -0.2) is 4.79 Å². The summed E-state index contributed by atoms with van der Waals surface area (Å²) in [5.74, 6) is -0.759. The normalized spacial score (nSPS) is 24.0. The van der Waals surface area contributed by atoms with Crippen LogP contribution in [0, 0.1) is 0 Å². The smallest absolute Gasteiger partial charge is 0.409 e. The number of piperazine rings is 1. The van der Waals surface area contributed by atoms with Crippen LogP contribution < -0.4 is 0 Å². The molecule has 4 amide bonds. The lowest BCUT2D eigenvalue weighted by molar-refractivity contribution is -0.145. The number of amides is 4. The Balaban J connectivity index is 1.57. The van der Waals surface area contributed by atoms with Crippen molar-refractivity contribution in [1.82, 2.24) is 14.7 Å². The first kappa shape index (κ1) is 23.5. The molecule has 0 radical (unpaired) electrons. The summed E-state index contributed by atoms with van der Waals surface area (Å²) in [4.78, 5) is 56.9. The fraction of sp³-hybridized carbons (Fsp3) is 0.583. The van der Waals surface area contributed by atoms with Gasteiger partial charge in [-0.05, 0) is 31.4 Å². The van der Waals surface area contributed by atoms with E-state index < -0.39 is 5.41 Å². The number of carbonyl (C=O) groups excluding carboxylic acids is 4. The van der Waals surface area contributed by atoms with E-state index >= 15 is 0 Å². The average Bonchev–Trinajstić information content (AvgIpc) is 3.41. The van der Waals surface area contributed by atoms with Crippen molar-refractivity contribution in [3.05, 3.63) is 34.9 Å². The number of hydrogen-bond acceptors (Lipinski definition) is 5. The molecule has 9 heteroatoms. The summed E-state index contributed by atoms with van der Waals surface area (Å²) in [6.45, 7) is 3.48. The average molecular weight is 476 g/mol. The van der Waals surface area contributed by atoms with Crippen LogP contribution in [0.4, 0.5) is 4.79 Å².